The highest BCUT2D eigenvalue weighted by atomic mass is 35.5. The van der Waals surface area contributed by atoms with Crippen molar-refractivity contribution in [2.45, 2.75) is 13.1 Å². The van der Waals surface area contributed by atoms with E-state index in [-0.39, 0.29) is 6.03 Å². The minimum absolute atomic E-state index is 0.313. The molecule has 1 saturated heterocycles. The van der Waals surface area contributed by atoms with Gasteiger partial charge in [-0.3, -0.25) is 10.2 Å². The Morgan fingerprint density at radius 3 is 2.42 bits per heavy atom. The van der Waals surface area contributed by atoms with Crippen LogP contribution >= 0.6 is 11.6 Å². The van der Waals surface area contributed by atoms with Crippen molar-refractivity contribution in [3.63, 3.8) is 0 Å². The summed E-state index contributed by atoms with van der Waals surface area (Å²) < 4.78 is 0. The van der Waals surface area contributed by atoms with Crippen LogP contribution in [0.5, 0.6) is 0 Å². The fourth-order valence-electron chi connectivity index (χ4n) is 3.51. The number of nitrogens with zero attached hydrogens (tertiary/aromatic N) is 4. The maximum Gasteiger partial charge on any atom is 0.320 e. The third-order valence-electron chi connectivity index (χ3n) is 5.21. The number of anilines is 2. The lowest BCUT2D eigenvalue weighted by Gasteiger charge is -2.35. The Morgan fingerprint density at radius 2 is 1.68 bits per heavy atom. The van der Waals surface area contributed by atoms with E-state index in [0.717, 1.165) is 44.1 Å². The molecule has 2 N–H and O–H groups in total. The van der Waals surface area contributed by atoms with Gasteiger partial charge in [0.2, 0.25) is 0 Å². The Morgan fingerprint density at radius 1 is 0.935 bits per heavy atom. The minimum Gasteiger partial charge on any atom is -0.354 e. The molecule has 3 aromatic rings. The van der Waals surface area contributed by atoms with Crippen LogP contribution in [0.1, 0.15) is 11.1 Å². The molecule has 0 radical (unpaired) electrons. The van der Waals surface area contributed by atoms with Gasteiger partial charge in [0.05, 0.1) is 0 Å². The second-order valence-electron chi connectivity index (χ2n) is 7.44. The predicted octanol–water partition coefficient (Wildman–Crippen LogP) is 3.77. The van der Waals surface area contributed by atoms with Crippen molar-refractivity contribution < 1.29 is 4.79 Å². The molecular formula is C23H25ClN6O. The number of piperazine rings is 1. The summed E-state index contributed by atoms with van der Waals surface area (Å²) >= 11 is 5.88. The van der Waals surface area contributed by atoms with E-state index >= 15 is 0 Å². The Bertz CT molecular complexity index is 990. The largest absolute Gasteiger partial charge is 0.354 e. The molecule has 2 heterocycles. The predicted molar refractivity (Wildman–Crippen MR) is 123 cm³/mol. The van der Waals surface area contributed by atoms with Crippen molar-refractivity contribution in [3.8, 4) is 0 Å². The maximum absolute atomic E-state index is 12.2. The third kappa shape index (κ3) is 6.16. The van der Waals surface area contributed by atoms with Crippen LogP contribution in [0.4, 0.5) is 16.4 Å². The Kier molecular flexibility index (Phi) is 6.96. The molecule has 0 unspecified atom stereocenters. The van der Waals surface area contributed by atoms with E-state index in [0.29, 0.717) is 17.4 Å². The number of amides is 2. The second kappa shape index (κ2) is 10.2. The average molecular weight is 437 g/mol. The molecule has 2 aromatic carbocycles. The molecule has 0 bridgehead atoms. The molecule has 2 amide bonds. The van der Waals surface area contributed by atoms with Gasteiger partial charge in [-0.25, -0.2) is 14.8 Å². The Hall–Kier alpha value is -3.16. The summed E-state index contributed by atoms with van der Waals surface area (Å²) in [6.45, 7) is 5.05. The standard InChI is InChI=1S/C23H25ClN6O/c24-20-8-6-18(7-9-20)15-25-23(31)28-21-14-22(27-17-26-21)30-12-10-29(11-13-30)16-19-4-2-1-3-5-19/h1-9,14,17H,10-13,15-16H2,(H2,25,26,27,28,31). The van der Waals surface area contributed by atoms with Crippen molar-refractivity contribution in [1.82, 2.24) is 20.2 Å². The van der Waals surface area contributed by atoms with Gasteiger partial charge in [0, 0.05) is 50.4 Å². The smallest absolute Gasteiger partial charge is 0.320 e. The van der Waals surface area contributed by atoms with Crippen LogP contribution in [-0.2, 0) is 13.1 Å². The van der Waals surface area contributed by atoms with Crippen LogP contribution in [0.2, 0.25) is 5.02 Å². The highest BCUT2D eigenvalue weighted by Crippen LogP contribution is 2.17. The van der Waals surface area contributed by atoms with E-state index in [2.05, 4.69) is 54.7 Å². The van der Waals surface area contributed by atoms with Crippen LogP contribution in [0.25, 0.3) is 0 Å². The molecule has 1 aliphatic rings. The topological polar surface area (TPSA) is 73.4 Å². The van der Waals surface area contributed by atoms with Gasteiger partial charge in [-0.2, -0.15) is 0 Å². The molecule has 0 aliphatic carbocycles. The van der Waals surface area contributed by atoms with Crippen molar-refractivity contribution in [2.75, 3.05) is 36.4 Å². The van der Waals surface area contributed by atoms with Gasteiger partial charge in [-0.15, -0.1) is 0 Å². The number of halogens is 1. The van der Waals surface area contributed by atoms with E-state index in [1.54, 1.807) is 12.1 Å². The van der Waals surface area contributed by atoms with Crippen molar-refractivity contribution >= 4 is 29.3 Å². The summed E-state index contributed by atoms with van der Waals surface area (Å²) in [5, 5.41) is 6.27. The lowest BCUT2D eigenvalue weighted by atomic mass is 10.2. The first-order valence-electron chi connectivity index (χ1n) is 10.3. The zero-order valence-electron chi connectivity index (χ0n) is 17.2. The Labute approximate surface area is 187 Å². The molecule has 1 aromatic heterocycles. The molecule has 0 saturated carbocycles. The van der Waals surface area contributed by atoms with Gasteiger partial charge in [-0.1, -0.05) is 54.1 Å². The zero-order chi connectivity index (χ0) is 21.5. The molecular weight excluding hydrogens is 412 g/mol. The van der Waals surface area contributed by atoms with Gasteiger partial charge in [-0.05, 0) is 23.3 Å². The summed E-state index contributed by atoms with van der Waals surface area (Å²) in [7, 11) is 0. The Balaban J connectivity index is 1.27. The van der Waals surface area contributed by atoms with Crippen LogP contribution in [-0.4, -0.2) is 47.1 Å². The van der Waals surface area contributed by atoms with Crippen molar-refractivity contribution in [1.29, 1.82) is 0 Å². The highest BCUT2D eigenvalue weighted by molar-refractivity contribution is 6.30. The summed E-state index contributed by atoms with van der Waals surface area (Å²) in [5.41, 5.74) is 2.30. The zero-order valence-corrected chi connectivity index (χ0v) is 17.9. The SMILES string of the molecule is O=C(NCc1ccc(Cl)cc1)Nc1cc(N2CCN(Cc3ccccc3)CC2)ncn1. The summed E-state index contributed by atoms with van der Waals surface area (Å²) in [6.07, 6.45) is 1.49. The van der Waals surface area contributed by atoms with Crippen molar-refractivity contribution in [2.24, 2.45) is 0 Å². The minimum atomic E-state index is -0.313. The fourth-order valence-corrected chi connectivity index (χ4v) is 3.64. The molecule has 0 spiro atoms. The quantitative estimate of drug-likeness (QED) is 0.615. The van der Waals surface area contributed by atoms with E-state index in [1.807, 2.05) is 24.3 Å². The first-order chi connectivity index (χ1) is 15.2. The first-order valence-corrected chi connectivity index (χ1v) is 10.7. The number of aromatic nitrogens is 2. The first kappa shape index (κ1) is 21.1. The third-order valence-corrected chi connectivity index (χ3v) is 5.46. The molecule has 7 nitrogen and oxygen atoms in total. The number of benzene rings is 2. The highest BCUT2D eigenvalue weighted by Gasteiger charge is 2.18. The lowest BCUT2D eigenvalue weighted by Crippen LogP contribution is -2.46. The molecule has 4 rings (SSSR count). The summed E-state index contributed by atoms with van der Waals surface area (Å²) in [4.78, 5) is 25.5. The molecule has 31 heavy (non-hydrogen) atoms. The molecule has 1 fully saturated rings. The average Bonchev–Trinajstić information content (AvgIpc) is 2.80. The van der Waals surface area contributed by atoms with Crippen molar-refractivity contribution in [3.05, 3.63) is 83.1 Å². The van der Waals surface area contributed by atoms with Crippen LogP contribution in [0.15, 0.2) is 67.0 Å². The summed E-state index contributed by atoms with van der Waals surface area (Å²) in [6, 6.07) is 19.4. The normalized spacial score (nSPS) is 14.3. The molecule has 1 aliphatic heterocycles. The van der Waals surface area contributed by atoms with E-state index in [1.165, 1.54) is 11.9 Å². The maximum atomic E-state index is 12.2. The van der Waals surface area contributed by atoms with Crippen LogP contribution < -0.4 is 15.5 Å². The van der Waals surface area contributed by atoms with Gasteiger partial charge in [0.1, 0.15) is 18.0 Å². The number of rotatable bonds is 6. The van der Waals surface area contributed by atoms with Gasteiger partial charge >= 0.3 is 6.03 Å². The number of urea groups is 1. The monoisotopic (exact) mass is 436 g/mol. The second-order valence-corrected chi connectivity index (χ2v) is 7.88. The number of nitrogens with one attached hydrogen (secondary N) is 2. The molecule has 8 heteroatoms. The van der Waals surface area contributed by atoms with E-state index in [4.69, 9.17) is 11.6 Å². The van der Waals surface area contributed by atoms with E-state index in [9.17, 15) is 4.79 Å². The van der Waals surface area contributed by atoms with Gasteiger partial charge < -0.3 is 10.2 Å². The van der Waals surface area contributed by atoms with Gasteiger partial charge in [0.25, 0.3) is 0 Å². The lowest BCUT2D eigenvalue weighted by molar-refractivity contribution is 0.249. The van der Waals surface area contributed by atoms with E-state index < -0.39 is 0 Å². The summed E-state index contributed by atoms with van der Waals surface area (Å²) in [5.74, 6) is 1.30. The van der Waals surface area contributed by atoms with Crippen LogP contribution in [0.3, 0.4) is 0 Å². The number of carbonyl (C=O) groups excluding carboxylic acids is 1. The number of hydrogen-bond acceptors (Lipinski definition) is 5. The van der Waals surface area contributed by atoms with Crippen LogP contribution in [0, 0.1) is 0 Å². The fraction of sp³-hybridized carbons (Fsp3) is 0.261. The van der Waals surface area contributed by atoms with Gasteiger partial charge in [0.15, 0.2) is 0 Å². The number of carbonyl (C=O) groups is 1. The molecule has 160 valence electrons. The molecule has 0 atom stereocenters. The number of hydrogen-bond donors (Lipinski definition) is 2.